The lowest BCUT2D eigenvalue weighted by Gasteiger charge is -2.14. The predicted molar refractivity (Wildman–Crippen MR) is 58.7 cm³/mol. The second-order valence-corrected chi connectivity index (χ2v) is 4.40. The number of hydrogen-bond donors (Lipinski definition) is 0. The summed E-state index contributed by atoms with van der Waals surface area (Å²) in [6.07, 6.45) is 2.73. The van der Waals surface area contributed by atoms with Gasteiger partial charge in [0.1, 0.15) is 0 Å². The Morgan fingerprint density at radius 3 is 2.73 bits per heavy atom. The number of methoxy groups -OCH3 is 1. The molecule has 1 aromatic carbocycles. The highest BCUT2D eigenvalue weighted by molar-refractivity contribution is 5.72. The predicted octanol–water partition coefficient (Wildman–Crippen LogP) is 2.59. The van der Waals surface area contributed by atoms with Crippen LogP contribution >= 0.6 is 0 Å². The second-order valence-electron chi connectivity index (χ2n) is 4.40. The maximum absolute atomic E-state index is 11.3. The van der Waals surface area contributed by atoms with Gasteiger partial charge in [-0.2, -0.15) is 0 Å². The third kappa shape index (κ3) is 2.04. The molecular weight excluding hydrogens is 188 g/mol. The third-order valence-corrected chi connectivity index (χ3v) is 3.19. The molecule has 1 aromatic rings. The average Bonchev–Trinajstić information content (AvgIpc) is 2.99. The van der Waals surface area contributed by atoms with Gasteiger partial charge in [-0.1, -0.05) is 29.8 Å². The first-order valence-corrected chi connectivity index (χ1v) is 5.30. The van der Waals surface area contributed by atoms with Crippen molar-refractivity contribution in [2.45, 2.75) is 31.6 Å². The summed E-state index contributed by atoms with van der Waals surface area (Å²) in [5.41, 5.74) is 2.62. The maximum Gasteiger partial charge on any atom is 0.306 e. The Hall–Kier alpha value is -1.31. The van der Waals surface area contributed by atoms with Crippen molar-refractivity contribution in [1.82, 2.24) is 0 Å². The van der Waals surface area contributed by atoms with E-state index in [-0.39, 0.29) is 11.4 Å². The van der Waals surface area contributed by atoms with Gasteiger partial charge in [0.05, 0.1) is 13.5 Å². The van der Waals surface area contributed by atoms with Gasteiger partial charge in [0.25, 0.3) is 0 Å². The van der Waals surface area contributed by atoms with E-state index in [4.69, 9.17) is 4.74 Å². The molecule has 15 heavy (non-hydrogen) atoms. The molecule has 0 amide bonds. The number of esters is 1. The molecule has 0 unspecified atom stereocenters. The first-order valence-electron chi connectivity index (χ1n) is 5.30. The summed E-state index contributed by atoms with van der Waals surface area (Å²) in [4.78, 5) is 11.3. The molecule has 1 aliphatic rings. The lowest BCUT2D eigenvalue weighted by Crippen LogP contribution is -2.14. The fourth-order valence-electron chi connectivity index (χ4n) is 2.04. The van der Waals surface area contributed by atoms with Crippen LogP contribution in [0.1, 0.15) is 30.4 Å². The summed E-state index contributed by atoms with van der Waals surface area (Å²) in [5, 5.41) is 0. The van der Waals surface area contributed by atoms with Gasteiger partial charge in [-0.25, -0.2) is 0 Å². The Kier molecular flexibility index (Phi) is 2.51. The quantitative estimate of drug-likeness (QED) is 0.707. The van der Waals surface area contributed by atoms with Gasteiger partial charge in [0.15, 0.2) is 0 Å². The van der Waals surface area contributed by atoms with Gasteiger partial charge in [-0.05, 0) is 25.3 Å². The summed E-state index contributed by atoms with van der Waals surface area (Å²) >= 11 is 0. The molecule has 1 saturated carbocycles. The molecule has 80 valence electrons. The Balaban J connectivity index is 2.19. The van der Waals surface area contributed by atoms with Gasteiger partial charge < -0.3 is 4.74 Å². The van der Waals surface area contributed by atoms with Crippen LogP contribution in [0.5, 0.6) is 0 Å². The number of ether oxygens (including phenoxy) is 1. The minimum atomic E-state index is -0.103. The SMILES string of the molecule is COC(=O)CC1(c2cccc(C)c2)CC1. The molecular formula is C13H16O2. The van der Waals surface area contributed by atoms with E-state index in [2.05, 4.69) is 31.2 Å². The number of hydrogen-bond acceptors (Lipinski definition) is 2. The zero-order chi connectivity index (χ0) is 10.9. The van der Waals surface area contributed by atoms with Crippen molar-refractivity contribution in [3.63, 3.8) is 0 Å². The molecule has 1 aliphatic carbocycles. The van der Waals surface area contributed by atoms with Crippen molar-refractivity contribution in [3.8, 4) is 0 Å². The van der Waals surface area contributed by atoms with E-state index in [1.54, 1.807) is 0 Å². The van der Waals surface area contributed by atoms with Crippen molar-refractivity contribution in [3.05, 3.63) is 35.4 Å². The van der Waals surface area contributed by atoms with Crippen molar-refractivity contribution >= 4 is 5.97 Å². The smallest absolute Gasteiger partial charge is 0.306 e. The lowest BCUT2D eigenvalue weighted by molar-refractivity contribution is -0.141. The van der Waals surface area contributed by atoms with Crippen LogP contribution < -0.4 is 0 Å². The maximum atomic E-state index is 11.3. The number of carbonyl (C=O) groups excluding carboxylic acids is 1. The van der Waals surface area contributed by atoms with Crippen molar-refractivity contribution in [2.75, 3.05) is 7.11 Å². The fourth-order valence-corrected chi connectivity index (χ4v) is 2.04. The summed E-state index contributed by atoms with van der Waals surface area (Å²) in [5.74, 6) is -0.103. The molecule has 0 saturated heterocycles. The van der Waals surface area contributed by atoms with E-state index >= 15 is 0 Å². The number of carbonyl (C=O) groups is 1. The van der Waals surface area contributed by atoms with Gasteiger partial charge in [-0.3, -0.25) is 4.79 Å². The van der Waals surface area contributed by atoms with Crippen molar-refractivity contribution in [1.29, 1.82) is 0 Å². The second kappa shape index (κ2) is 3.69. The number of benzene rings is 1. The minimum Gasteiger partial charge on any atom is -0.469 e. The molecule has 0 aromatic heterocycles. The van der Waals surface area contributed by atoms with E-state index in [1.165, 1.54) is 18.2 Å². The Morgan fingerprint density at radius 1 is 1.47 bits per heavy atom. The largest absolute Gasteiger partial charge is 0.469 e. The van der Waals surface area contributed by atoms with Crippen LogP contribution in [0.25, 0.3) is 0 Å². The van der Waals surface area contributed by atoms with Gasteiger partial charge in [0, 0.05) is 5.41 Å². The molecule has 0 bridgehead atoms. The zero-order valence-electron chi connectivity index (χ0n) is 9.25. The minimum absolute atomic E-state index is 0.0825. The molecule has 0 spiro atoms. The van der Waals surface area contributed by atoms with Crippen LogP contribution in [-0.4, -0.2) is 13.1 Å². The van der Waals surface area contributed by atoms with Gasteiger partial charge in [0.2, 0.25) is 0 Å². The van der Waals surface area contributed by atoms with Crippen LogP contribution in [0.4, 0.5) is 0 Å². The highest BCUT2D eigenvalue weighted by Crippen LogP contribution is 2.51. The highest BCUT2D eigenvalue weighted by Gasteiger charge is 2.46. The molecule has 0 atom stereocenters. The lowest BCUT2D eigenvalue weighted by atomic mass is 9.91. The Labute approximate surface area is 90.3 Å². The topological polar surface area (TPSA) is 26.3 Å². The van der Waals surface area contributed by atoms with Crippen molar-refractivity contribution < 1.29 is 9.53 Å². The van der Waals surface area contributed by atoms with Gasteiger partial charge in [-0.15, -0.1) is 0 Å². The van der Waals surface area contributed by atoms with E-state index < -0.39 is 0 Å². The summed E-state index contributed by atoms with van der Waals surface area (Å²) in [6.45, 7) is 2.08. The van der Waals surface area contributed by atoms with Crippen LogP contribution in [0.3, 0.4) is 0 Å². The van der Waals surface area contributed by atoms with E-state index in [0.717, 1.165) is 12.8 Å². The van der Waals surface area contributed by atoms with Crippen molar-refractivity contribution in [2.24, 2.45) is 0 Å². The first-order chi connectivity index (χ1) is 7.16. The number of rotatable bonds is 3. The molecule has 0 radical (unpaired) electrons. The average molecular weight is 204 g/mol. The van der Waals surface area contributed by atoms with Gasteiger partial charge >= 0.3 is 5.97 Å². The van der Waals surface area contributed by atoms with E-state index in [9.17, 15) is 4.79 Å². The zero-order valence-corrected chi connectivity index (χ0v) is 9.25. The molecule has 2 nitrogen and oxygen atoms in total. The summed E-state index contributed by atoms with van der Waals surface area (Å²) in [7, 11) is 1.45. The van der Waals surface area contributed by atoms with Crippen LogP contribution in [-0.2, 0) is 14.9 Å². The molecule has 2 rings (SSSR count). The fraction of sp³-hybridized carbons (Fsp3) is 0.462. The van der Waals surface area contributed by atoms with Crippen LogP contribution in [0, 0.1) is 6.92 Å². The molecule has 0 N–H and O–H groups in total. The third-order valence-electron chi connectivity index (χ3n) is 3.19. The standard InChI is InChI=1S/C13H16O2/c1-10-4-3-5-11(8-10)13(6-7-13)9-12(14)15-2/h3-5,8H,6-7,9H2,1-2H3. The molecule has 2 heteroatoms. The van der Waals surface area contributed by atoms with Crippen LogP contribution in [0.2, 0.25) is 0 Å². The Morgan fingerprint density at radius 2 is 2.20 bits per heavy atom. The van der Waals surface area contributed by atoms with E-state index in [0.29, 0.717) is 6.42 Å². The number of aryl methyl sites for hydroxylation is 1. The molecule has 0 aliphatic heterocycles. The Bertz CT molecular complexity index is 378. The van der Waals surface area contributed by atoms with Crippen LogP contribution in [0.15, 0.2) is 24.3 Å². The highest BCUT2D eigenvalue weighted by atomic mass is 16.5. The monoisotopic (exact) mass is 204 g/mol. The summed E-state index contributed by atoms with van der Waals surface area (Å²) < 4.78 is 4.74. The molecule has 0 heterocycles. The first kappa shape index (κ1) is 10.2. The van der Waals surface area contributed by atoms with E-state index in [1.807, 2.05) is 0 Å². The molecule has 1 fully saturated rings. The normalized spacial score (nSPS) is 17.2. The summed E-state index contributed by atoms with van der Waals surface area (Å²) in [6, 6.07) is 8.43.